The predicted octanol–water partition coefficient (Wildman–Crippen LogP) is 4.24. The minimum Gasteiger partial charge on any atom is -0.508 e. The summed E-state index contributed by atoms with van der Waals surface area (Å²) >= 11 is 11.9. The monoisotopic (exact) mass is 388 g/mol. The second-order valence-corrected chi connectivity index (χ2v) is 6.30. The molecule has 0 aliphatic heterocycles. The molecule has 0 unspecified atom stereocenters. The molecule has 0 atom stereocenters. The lowest BCUT2D eigenvalue weighted by molar-refractivity contribution is 0.0950. The molecule has 6 nitrogen and oxygen atoms in total. The van der Waals surface area contributed by atoms with Crippen LogP contribution in [0.3, 0.4) is 0 Å². The number of nitrogens with zero attached hydrogens (tertiary/aromatic N) is 2. The number of hydrazone groups is 1. The lowest BCUT2D eigenvalue weighted by Gasteiger charge is -2.02. The maximum Gasteiger partial charge on any atom is 0.289 e. The van der Waals surface area contributed by atoms with Gasteiger partial charge in [-0.25, -0.2) is 5.43 Å². The molecule has 3 aromatic rings. The third-order valence-corrected chi connectivity index (χ3v) is 4.39. The van der Waals surface area contributed by atoms with Gasteiger partial charge < -0.3 is 5.11 Å². The number of aromatic hydroxyl groups is 1. The SMILES string of the molecule is C/C(=N\NC(=O)c1cc(-c2ccc(Cl)c(Cl)c2)n[nH]1)c1ccc(O)cc1. The van der Waals surface area contributed by atoms with Crippen molar-refractivity contribution in [3.63, 3.8) is 0 Å². The first-order valence-electron chi connectivity index (χ1n) is 7.59. The van der Waals surface area contributed by atoms with E-state index in [1.54, 1.807) is 55.5 Å². The van der Waals surface area contributed by atoms with E-state index in [9.17, 15) is 9.90 Å². The Balaban J connectivity index is 1.72. The number of carbonyl (C=O) groups is 1. The summed E-state index contributed by atoms with van der Waals surface area (Å²) < 4.78 is 0. The number of benzene rings is 2. The van der Waals surface area contributed by atoms with Crippen LogP contribution in [0.15, 0.2) is 53.6 Å². The van der Waals surface area contributed by atoms with Crippen LogP contribution < -0.4 is 5.43 Å². The van der Waals surface area contributed by atoms with Crippen LogP contribution in [0.5, 0.6) is 5.75 Å². The molecule has 3 N–H and O–H groups in total. The zero-order valence-electron chi connectivity index (χ0n) is 13.6. The van der Waals surface area contributed by atoms with Gasteiger partial charge in [-0.15, -0.1) is 0 Å². The van der Waals surface area contributed by atoms with Crippen molar-refractivity contribution in [2.24, 2.45) is 5.10 Å². The lowest BCUT2D eigenvalue weighted by Crippen LogP contribution is -2.19. The van der Waals surface area contributed by atoms with Crippen molar-refractivity contribution in [1.29, 1.82) is 0 Å². The van der Waals surface area contributed by atoms with E-state index in [0.717, 1.165) is 11.1 Å². The van der Waals surface area contributed by atoms with Crippen LogP contribution in [-0.4, -0.2) is 26.9 Å². The smallest absolute Gasteiger partial charge is 0.289 e. The molecule has 0 bridgehead atoms. The van der Waals surface area contributed by atoms with Crippen LogP contribution in [0.4, 0.5) is 0 Å². The third kappa shape index (κ3) is 4.04. The molecule has 1 amide bonds. The molecule has 1 heterocycles. The number of H-pyrrole nitrogens is 1. The van der Waals surface area contributed by atoms with E-state index < -0.39 is 5.91 Å². The highest BCUT2D eigenvalue weighted by Crippen LogP contribution is 2.27. The number of phenolic OH excluding ortho intramolecular Hbond substituents is 1. The topological polar surface area (TPSA) is 90.4 Å². The summed E-state index contributed by atoms with van der Waals surface area (Å²) in [4.78, 5) is 12.2. The zero-order valence-corrected chi connectivity index (χ0v) is 15.1. The van der Waals surface area contributed by atoms with Gasteiger partial charge in [-0.05, 0) is 55.0 Å². The van der Waals surface area contributed by atoms with Gasteiger partial charge in [0.05, 0.1) is 21.5 Å². The molecular formula is C18H14Cl2N4O2. The Morgan fingerprint density at radius 1 is 1.12 bits per heavy atom. The first-order valence-corrected chi connectivity index (χ1v) is 8.34. The highest BCUT2D eigenvalue weighted by atomic mass is 35.5. The van der Waals surface area contributed by atoms with Gasteiger partial charge in [-0.2, -0.15) is 10.2 Å². The molecule has 0 aliphatic rings. The first kappa shape index (κ1) is 18.0. The highest BCUT2D eigenvalue weighted by molar-refractivity contribution is 6.42. The number of aromatic amines is 1. The molecule has 132 valence electrons. The molecule has 0 saturated carbocycles. The van der Waals surface area contributed by atoms with Crippen molar-refractivity contribution in [2.75, 3.05) is 0 Å². The Bertz CT molecular complexity index is 981. The maximum absolute atomic E-state index is 12.2. The van der Waals surface area contributed by atoms with Crippen molar-refractivity contribution in [2.45, 2.75) is 6.92 Å². The largest absolute Gasteiger partial charge is 0.508 e. The average molecular weight is 389 g/mol. The Labute approximate surface area is 159 Å². The molecule has 3 rings (SSSR count). The number of hydrogen-bond acceptors (Lipinski definition) is 4. The molecule has 26 heavy (non-hydrogen) atoms. The number of aromatic nitrogens is 2. The summed E-state index contributed by atoms with van der Waals surface area (Å²) in [6.45, 7) is 1.75. The minimum absolute atomic E-state index is 0.165. The summed E-state index contributed by atoms with van der Waals surface area (Å²) in [5.41, 5.74) is 5.40. The summed E-state index contributed by atoms with van der Waals surface area (Å²) in [7, 11) is 0. The Morgan fingerprint density at radius 3 is 2.54 bits per heavy atom. The molecule has 1 aromatic heterocycles. The normalized spacial score (nSPS) is 11.4. The number of phenols is 1. The number of halogens is 2. The van der Waals surface area contributed by atoms with Gasteiger partial charge >= 0.3 is 0 Å². The molecule has 2 aromatic carbocycles. The van der Waals surface area contributed by atoms with Crippen LogP contribution in [0.25, 0.3) is 11.3 Å². The molecule has 8 heteroatoms. The molecule has 0 fully saturated rings. The van der Waals surface area contributed by atoms with Crippen LogP contribution in [0, 0.1) is 0 Å². The Kier molecular flexibility index (Phi) is 5.25. The number of carbonyl (C=O) groups excluding carboxylic acids is 1. The number of rotatable bonds is 4. The minimum atomic E-state index is -0.429. The zero-order chi connectivity index (χ0) is 18.7. The molecule has 0 aliphatic carbocycles. The number of nitrogens with one attached hydrogen (secondary N) is 2. The van der Waals surface area contributed by atoms with Crippen LogP contribution in [-0.2, 0) is 0 Å². The molecule has 0 saturated heterocycles. The second kappa shape index (κ2) is 7.59. The van der Waals surface area contributed by atoms with E-state index in [4.69, 9.17) is 23.2 Å². The van der Waals surface area contributed by atoms with Gasteiger partial charge in [0.2, 0.25) is 0 Å². The molecule has 0 radical (unpaired) electrons. The van der Waals surface area contributed by atoms with Gasteiger partial charge in [0, 0.05) is 5.56 Å². The van der Waals surface area contributed by atoms with E-state index in [-0.39, 0.29) is 11.4 Å². The highest BCUT2D eigenvalue weighted by Gasteiger charge is 2.12. The van der Waals surface area contributed by atoms with Crippen LogP contribution >= 0.6 is 23.2 Å². The standard InChI is InChI=1S/C18H14Cl2N4O2/c1-10(11-2-5-13(25)6-3-11)21-24-18(26)17-9-16(22-23-17)12-4-7-14(19)15(20)8-12/h2-9,25H,1H3,(H,22,23)(H,24,26)/b21-10+. The quantitative estimate of drug-likeness (QED) is 0.460. The van der Waals surface area contributed by atoms with Crippen LogP contribution in [0.1, 0.15) is 23.0 Å². The average Bonchev–Trinajstić information content (AvgIpc) is 3.12. The summed E-state index contributed by atoms with van der Waals surface area (Å²) in [5.74, 6) is -0.264. The fraction of sp³-hybridized carbons (Fsp3) is 0.0556. The molecule has 0 spiro atoms. The summed E-state index contributed by atoms with van der Waals surface area (Å²) in [5, 5.41) is 21.0. The summed E-state index contributed by atoms with van der Waals surface area (Å²) in [6, 6.07) is 13.2. The fourth-order valence-corrected chi connectivity index (χ4v) is 2.50. The van der Waals surface area contributed by atoms with E-state index in [1.807, 2.05) is 0 Å². The predicted molar refractivity (Wildman–Crippen MR) is 102 cm³/mol. The van der Waals surface area contributed by atoms with Crippen LogP contribution in [0.2, 0.25) is 10.0 Å². The van der Waals surface area contributed by atoms with Crippen molar-refractivity contribution in [3.05, 3.63) is 69.8 Å². The Hall–Kier alpha value is -2.83. The number of amides is 1. The van der Waals surface area contributed by atoms with Gasteiger partial charge in [0.25, 0.3) is 5.91 Å². The van der Waals surface area contributed by atoms with Gasteiger partial charge in [0.1, 0.15) is 11.4 Å². The first-order chi connectivity index (χ1) is 12.4. The van der Waals surface area contributed by atoms with Crippen molar-refractivity contribution < 1.29 is 9.90 Å². The van der Waals surface area contributed by atoms with Crippen molar-refractivity contribution in [3.8, 4) is 17.0 Å². The Morgan fingerprint density at radius 2 is 1.85 bits per heavy atom. The van der Waals surface area contributed by atoms with E-state index >= 15 is 0 Å². The second-order valence-electron chi connectivity index (χ2n) is 5.48. The van der Waals surface area contributed by atoms with Crippen molar-refractivity contribution in [1.82, 2.24) is 15.6 Å². The van der Waals surface area contributed by atoms with E-state index in [0.29, 0.717) is 21.5 Å². The number of hydrogen-bond donors (Lipinski definition) is 3. The van der Waals surface area contributed by atoms with Gasteiger partial charge in [-0.3, -0.25) is 9.89 Å². The van der Waals surface area contributed by atoms with Gasteiger partial charge in [0.15, 0.2) is 0 Å². The summed E-state index contributed by atoms with van der Waals surface area (Å²) in [6.07, 6.45) is 0. The van der Waals surface area contributed by atoms with E-state index in [2.05, 4.69) is 20.7 Å². The fourth-order valence-electron chi connectivity index (χ4n) is 2.20. The lowest BCUT2D eigenvalue weighted by atomic mass is 10.1. The van der Waals surface area contributed by atoms with Gasteiger partial charge in [-0.1, -0.05) is 29.3 Å². The van der Waals surface area contributed by atoms with Crippen molar-refractivity contribution >= 4 is 34.8 Å². The molecular weight excluding hydrogens is 375 g/mol. The van der Waals surface area contributed by atoms with E-state index in [1.165, 1.54) is 0 Å². The maximum atomic E-state index is 12.2. The third-order valence-electron chi connectivity index (χ3n) is 3.65.